The quantitative estimate of drug-likeness (QED) is 0.186. The molecule has 0 saturated carbocycles. The van der Waals surface area contributed by atoms with Crippen molar-refractivity contribution in [2.24, 2.45) is 0 Å². The van der Waals surface area contributed by atoms with E-state index < -0.39 is 0 Å². The normalized spacial score (nSPS) is 11.7. The molecule has 0 aliphatic heterocycles. The summed E-state index contributed by atoms with van der Waals surface area (Å²) >= 11 is 1.86. The van der Waals surface area contributed by atoms with Gasteiger partial charge in [-0.15, -0.1) is 11.3 Å². The fourth-order valence-corrected chi connectivity index (χ4v) is 8.53. The van der Waals surface area contributed by atoms with Crippen molar-refractivity contribution in [2.45, 2.75) is 0 Å². The number of rotatable bonds is 5. The van der Waals surface area contributed by atoms with E-state index in [1.54, 1.807) is 0 Å². The maximum Gasteiger partial charge on any atom is 0.143 e. The summed E-state index contributed by atoms with van der Waals surface area (Å²) < 4.78 is 9.03. The molecule has 0 amide bonds. The van der Waals surface area contributed by atoms with Gasteiger partial charge in [0.1, 0.15) is 11.2 Å². The van der Waals surface area contributed by atoms with Gasteiger partial charge < -0.3 is 9.32 Å². The van der Waals surface area contributed by atoms with Crippen LogP contribution in [0.15, 0.2) is 180 Å². The van der Waals surface area contributed by atoms with Crippen molar-refractivity contribution in [3.8, 4) is 22.3 Å². The molecule has 0 radical (unpaired) electrons. The van der Waals surface area contributed by atoms with E-state index in [1.807, 2.05) is 23.5 Å². The summed E-state index contributed by atoms with van der Waals surface area (Å²) in [4.78, 5) is 2.37. The predicted molar refractivity (Wildman–Crippen MR) is 210 cm³/mol. The molecule has 0 saturated heterocycles. The molecule has 8 aromatic carbocycles. The maximum absolute atomic E-state index is 6.39. The third-order valence-electron chi connectivity index (χ3n) is 9.69. The summed E-state index contributed by atoms with van der Waals surface area (Å²) in [5, 5.41) is 7.35. The zero-order valence-electron chi connectivity index (χ0n) is 26.5. The third-order valence-corrected chi connectivity index (χ3v) is 10.8. The molecule has 49 heavy (non-hydrogen) atoms. The van der Waals surface area contributed by atoms with Crippen LogP contribution in [-0.2, 0) is 0 Å². The number of fused-ring (bicyclic) bond motifs is 7. The Kier molecular flexibility index (Phi) is 6.39. The van der Waals surface area contributed by atoms with E-state index in [0.29, 0.717) is 0 Å². The topological polar surface area (TPSA) is 16.4 Å². The molecule has 0 N–H and O–H groups in total. The van der Waals surface area contributed by atoms with Crippen LogP contribution in [0.4, 0.5) is 17.1 Å². The SMILES string of the molecule is c1ccc2c(N(c3ccc(-c4cccc5c4oc4ccccc45)cc3)c3ccc(-c4cccc5sc6ccccc6c45)cc3)cccc2c1. The Labute approximate surface area is 287 Å². The van der Waals surface area contributed by atoms with Gasteiger partial charge in [0, 0.05) is 53.3 Å². The van der Waals surface area contributed by atoms with Crippen molar-refractivity contribution in [1.82, 2.24) is 0 Å². The van der Waals surface area contributed by atoms with Crippen molar-refractivity contribution in [3.63, 3.8) is 0 Å². The van der Waals surface area contributed by atoms with Crippen molar-refractivity contribution in [3.05, 3.63) is 176 Å². The molecule has 0 atom stereocenters. The summed E-state index contributed by atoms with van der Waals surface area (Å²) in [5.41, 5.74) is 9.87. The second-order valence-corrected chi connectivity index (χ2v) is 13.6. The van der Waals surface area contributed by atoms with Crippen LogP contribution in [0.25, 0.3) is 75.1 Å². The summed E-state index contributed by atoms with van der Waals surface area (Å²) in [6.07, 6.45) is 0. The van der Waals surface area contributed by atoms with Gasteiger partial charge in [-0.1, -0.05) is 127 Å². The molecule has 10 aromatic rings. The summed E-state index contributed by atoms with van der Waals surface area (Å²) in [5.74, 6) is 0. The lowest BCUT2D eigenvalue weighted by molar-refractivity contribution is 0.670. The second-order valence-electron chi connectivity index (χ2n) is 12.5. The first-order valence-electron chi connectivity index (χ1n) is 16.6. The lowest BCUT2D eigenvalue weighted by atomic mass is 9.98. The van der Waals surface area contributed by atoms with E-state index in [-0.39, 0.29) is 0 Å². The number of anilines is 3. The minimum absolute atomic E-state index is 0.913. The van der Waals surface area contributed by atoms with Crippen LogP contribution in [0.1, 0.15) is 0 Å². The molecule has 0 unspecified atom stereocenters. The average Bonchev–Trinajstić information content (AvgIpc) is 3.74. The summed E-state index contributed by atoms with van der Waals surface area (Å²) in [7, 11) is 0. The minimum atomic E-state index is 0.913. The number of hydrogen-bond acceptors (Lipinski definition) is 3. The highest BCUT2D eigenvalue weighted by molar-refractivity contribution is 7.25. The monoisotopic (exact) mass is 643 g/mol. The van der Waals surface area contributed by atoms with Crippen molar-refractivity contribution < 1.29 is 4.42 Å². The summed E-state index contributed by atoms with van der Waals surface area (Å²) in [6.45, 7) is 0. The predicted octanol–water partition coefficient (Wildman–Crippen LogP) is 13.9. The zero-order valence-corrected chi connectivity index (χ0v) is 27.3. The standard InChI is InChI=1S/C46H29NOS/c1-2-12-35-30(10-1)11-7-18-41(35)47(33-26-22-31(23-27-33)36-15-9-21-44-45(36)40-14-4-6-20-43(40)49-44)34-28-24-32(25-29-34)37-16-8-17-39-38-13-3-5-19-42(38)48-46(37)39/h1-29H. The number of nitrogens with zero attached hydrogens (tertiary/aromatic N) is 1. The van der Waals surface area contributed by atoms with Crippen LogP contribution in [0.2, 0.25) is 0 Å². The van der Waals surface area contributed by atoms with E-state index in [1.165, 1.54) is 42.1 Å². The van der Waals surface area contributed by atoms with Crippen molar-refractivity contribution in [1.29, 1.82) is 0 Å². The highest BCUT2D eigenvalue weighted by atomic mass is 32.1. The molecule has 10 rings (SSSR count). The Balaban J connectivity index is 1.10. The van der Waals surface area contributed by atoms with Crippen LogP contribution >= 0.6 is 11.3 Å². The summed E-state index contributed by atoms with van der Waals surface area (Å²) in [6, 6.07) is 63.2. The smallest absolute Gasteiger partial charge is 0.143 e. The molecule has 0 bridgehead atoms. The van der Waals surface area contributed by atoms with Gasteiger partial charge in [0.2, 0.25) is 0 Å². The fraction of sp³-hybridized carbons (Fsp3) is 0. The van der Waals surface area contributed by atoms with Crippen LogP contribution in [0.3, 0.4) is 0 Å². The lowest BCUT2D eigenvalue weighted by Gasteiger charge is -2.27. The van der Waals surface area contributed by atoms with Crippen molar-refractivity contribution in [2.75, 3.05) is 4.90 Å². The first-order chi connectivity index (χ1) is 24.3. The molecule has 2 aromatic heterocycles. The van der Waals surface area contributed by atoms with Gasteiger partial charge in [-0.3, -0.25) is 0 Å². The fourth-order valence-electron chi connectivity index (χ4n) is 7.40. The minimum Gasteiger partial charge on any atom is -0.455 e. The molecule has 0 fully saturated rings. The van der Waals surface area contributed by atoms with Gasteiger partial charge in [-0.2, -0.15) is 0 Å². The number of thiophene rings is 1. The Bertz CT molecular complexity index is 2820. The van der Waals surface area contributed by atoms with Crippen LogP contribution < -0.4 is 4.90 Å². The van der Waals surface area contributed by atoms with E-state index in [9.17, 15) is 0 Å². The van der Waals surface area contributed by atoms with E-state index in [2.05, 4.69) is 169 Å². The molecule has 0 aliphatic carbocycles. The molecule has 2 nitrogen and oxygen atoms in total. The first kappa shape index (κ1) is 27.9. The van der Waals surface area contributed by atoms with E-state index >= 15 is 0 Å². The number of furan rings is 1. The van der Waals surface area contributed by atoms with Crippen molar-refractivity contribution >= 4 is 81.3 Å². The van der Waals surface area contributed by atoms with Gasteiger partial charge in [0.05, 0.1) is 5.69 Å². The number of para-hydroxylation sites is 2. The van der Waals surface area contributed by atoms with Gasteiger partial charge >= 0.3 is 0 Å². The van der Waals surface area contributed by atoms with Crippen LogP contribution in [0, 0.1) is 0 Å². The molecular formula is C46H29NOS. The van der Waals surface area contributed by atoms with Gasteiger partial charge in [0.25, 0.3) is 0 Å². The second kappa shape index (κ2) is 11.2. The van der Waals surface area contributed by atoms with Gasteiger partial charge in [-0.25, -0.2) is 0 Å². The highest BCUT2D eigenvalue weighted by Gasteiger charge is 2.18. The van der Waals surface area contributed by atoms with Crippen LogP contribution in [0.5, 0.6) is 0 Å². The van der Waals surface area contributed by atoms with E-state index in [0.717, 1.165) is 50.1 Å². The highest BCUT2D eigenvalue weighted by Crippen LogP contribution is 2.43. The Morgan fingerprint density at radius 2 is 0.980 bits per heavy atom. The number of benzene rings is 8. The third kappa shape index (κ3) is 4.55. The van der Waals surface area contributed by atoms with Crippen LogP contribution in [-0.4, -0.2) is 0 Å². The molecule has 2 heterocycles. The van der Waals surface area contributed by atoms with E-state index in [4.69, 9.17) is 4.42 Å². The van der Waals surface area contributed by atoms with Gasteiger partial charge in [0.15, 0.2) is 0 Å². The first-order valence-corrected chi connectivity index (χ1v) is 17.4. The molecule has 0 spiro atoms. The number of hydrogen-bond donors (Lipinski definition) is 0. The lowest BCUT2D eigenvalue weighted by Crippen LogP contribution is -2.10. The molecule has 230 valence electrons. The average molecular weight is 644 g/mol. The van der Waals surface area contributed by atoms with Gasteiger partial charge in [-0.05, 0) is 70.6 Å². The zero-order chi connectivity index (χ0) is 32.3. The molecular weight excluding hydrogens is 615 g/mol. The Morgan fingerprint density at radius 3 is 1.80 bits per heavy atom. The maximum atomic E-state index is 6.39. The Hall–Kier alpha value is -6.16. The Morgan fingerprint density at radius 1 is 0.408 bits per heavy atom. The molecule has 3 heteroatoms. The molecule has 0 aliphatic rings. The largest absolute Gasteiger partial charge is 0.455 e.